The van der Waals surface area contributed by atoms with E-state index in [-0.39, 0.29) is 6.04 Å². The van der Waals surface area contributed by atoms with Crippen LogP contribution in [0.25, 0.3) is 0 Å². The van der Waals surface area contributed by atoms with E-state index < -0.39 is 5.97 Å². The third kappa shape index (κ3) is 4.79. The molecule has 1 aromatic rings. The van der Waals surface area contributed by atoms with Gasteiger partial charge in [-0.15, -0.1) is 0 Å². The van der Waals surface area contributed by atoms with Gasteiger partial charge in [0.05, 0.1) is 6.26 Å². The summed E-state index contributed by atoms with van der Waals surface area (Å²) in [7, 11) is 0. The van der Waals surface area contributed by atoms with Crippen molar-refractivity contribution in [2.75, 3.05) is 6.54 Å². The van der Waals surface area contributed by atoms with E-state index in [1.165, 1.54) is 6.08 Å². The summed E-state index contributed by atoms with van der Waals surface area (Å²) < 4.78 is 5.23. The summed E-state index contributed by atoms with van der Waals surface area (Å²) in [5, 5.41) is 11.8. The van der Waals surface area contributed by atoms with Crippen LogP contribution in [0.4, 0.5) is 0 Å². The summed E-state index contributed by atoms with van der Waals surface area (Å²) in [4.78, 5) is 10.4. The second-order valence-electron chi connectivity index (χ2n) is 3.89. The van der Waals surface area contributed by atoms with Crippen LogP contribution in [-0.4, -0.2) is 23.7 Å². The number of carboxylic acid groups (broad SMARTS) is 1. The molecule has 0 aromatic carbocycles. The summed E-state index contributed by atoms with van der Waals surface area (Å²) in [5.74, 6) is 0.0258. The van der Waals surface area contributed by atoms with Gasteiger partial charge < -0.3 is 14.8 Å². The monoisotopic (exact) mass is 223 g/mol. The van der Waals surface area contributed by atoms with E-state index in [2.05, 4.69) is 5.32 Å². The molecule has 1 unspecified atom stereocenters. The Morgan fingerprint density at radius 1 is 1.69 bits per heavy atom. The minimum absolute atomic E-state index is 0.253. The summed E-state index contributed by atoms with van der Waals surface area (Å²) in [5.41, 5.74) is 0.804. The van der Waals surface area contributed by atoms with Gasteiger partial charge in [0, 0.05) is 25.1 Å². The molecular formula is C12H17NO3. The first-order valence-electron chi connectivity index (χ1n) is 5.24. The molecule has 4 nitrogen and oxygen atoms in total. The van der Waals surface area contributed by atoms with Crippen LogP contribution < -0.4 is 5.32 Å². The maximum atomic E-state index is 10.4. The fourth-order valence-electron chi connectivity index (χ4n) is 1.40. The highest BCUT2D eigenvalue weighted by Crippen LogP contribution is 2.04. The Morgan fingerprint density at radius 2 is 2.44 bits per heavy atom. The molecule has 2 N–H and O–H groups in total. The normalized spacial score (nSPS) is 13.8. The molecule has 1 rings (SSSR count). The summed E-state index contributed by atoms with van der Waals surface area (Å²) in [6.07, 6.45) is 3.66. The van der Waals surface area contributed by atoms with Gasteiger partial charge in [0.25, 0.3) is 0 Å². The van der Waals surface area contributed by atoms with E-state index >= 15 is 0 Å². The van der Waals surface area contributed by atoms with Gasteiger partial charge in [0.1, 0.15) is 5.76 Å². The average molecular weight is 223 g/mol. The van der Waals surface area contributed by atoms with Crippen molar-refractivity contribution in [3.05, 3.63) is 35.8 Å². The first-order chi connectivity index (χ1) is 7.58. The van der Waals surface area contributed by atoms with E-state index in [1.54, 1.807) is 13.2 Å². The van der Waals surface area contributed by atoms with Gasteiger partial charge in [-0.25, -0.2) is 4.79 Å². The highest BCUT2D eigenvalue weighted by Gasteiger charge is 2.05. The molecule has 0 fully saturated rings. The lowest BCUT2D eigenvalue weighted by Crippen LogP contribution is -2.29. The van der Waals surface area contributed by atoms with Crippen LogP contribution >= 0.6 is 0 Å². The Labute approximate surface area is 95.0 Å². The third-order valence-corrected chi connectivity index (χ3v) is 2.19. The number of carboxylic acids is 1. The molecule has 0 aliphatic heterocycles. The Morgan fingerprint density at radius 3 is 3.00 bits per heavy atom. The zero-order chi connectivity index (χ0) is 12.0. The maximum Gasteiger partial charge on any atom is 0.328 e. The zero-order valence-corrected chi connectivity index (χ0v) is 9.56. The smallest absolute Gasteiger partial charge is 0.328 e. The molecule has 0 aliphatic carbocycles. The predicted molar refractivity (Wildman–Crippen MR) is 61.3 cm³/mol. The molecule has 88 valence electrons. The maximum absolute atomic E-state index is 10.4. The molecule has 0 spiro atoms. The number of hydrogen-bond donors (Lipinski definition) is 2. The molecule has 1 heterocycles. The van der Waals surface area contributed by atoms with Crippen LogP contribution in [-0.2, 0) is 11.2 Å². The van der Waals surface area contributed by atoms with E-state index in [4.69, 9.17) is 9.52 Å². The lowest BCUT2D eigenvalue weighted by Gasteiger charge is -2.12. The van der Waals surface area contributed by atoms with Gasteiger partial charge in [-0.2, -0.15) is 0 Å². The second kappa shape index (κ2) is 6.12. The lowest BCUT2D eigenvalue weighted by molar-refractivity contribution is -0.131. The van der Waals surface area contributed by atoms with Crippen LogP contribution in [0, 0.1) is 0 Å². The van der Waals surface area contributed by atoms with Crippen molar-refractivity contribution < 1.29 is 14.3 Å². The Bertz CT molecular complexity index is 354. The van der Waals surface area contributed by atoms with Gasteiger partial charge >= 0.3 is 5.97 Å². The number of furan rings is 1. The first-order valence-corrected chi connectivity index (χ1v) is 5.24. The largest absolute Gasteiger partial charge is 0.478 e. The fourth-order valence-corrected chi connectivity index (χ4v) is 1.40. The number of carbonyl (C=O) groups is 1. The summed E-state index contributed by atoms with van der Waals surface area (Å²) in [6, 6.07) is 4.04. The van der Waals surface area contributed by atoms with Crippen molar-refractivity contribution in [2.45, 2.75) is 26.3 Å². The zero-order valence-electron chi connectivity index (χ0n) is 9.56. The van der Waals surface area contributed by atoms with Gasteiger partial charge in [-0.3, -0.25) is 0 Å². The molecular weight excluding hydrogens is 206 g/mol. The molecule has 0 radical (unpaired) electrons. The van der Waals surface area contributed by atoms with Crippen molar-refractivity contribution in [2.24, 2.45) is 0 Å². The van der Waals surface area contributed by atoms with Crippen molar-refractivity contribution in [3.8, 4) is 0 Å². The van der Waals surface area contributed by atoms with Crippen LogP contribution in [0.3, 0.4) is 0 Å². The second-order valence-corrected chi connectivity index (χ2v) is 3.89. The van der Waals surface area contributed by atoms with E-state index in [0.29, 0.717) is 6.54 Å². The molecule has 1 atom stereocenters. The Hall–Kier alpha value is -1.55. The SMILES string of the molecule is C/C(=C\C(=O)O)CNC(C)Cc1ccco1. The van der Waals surface area contributed by atoms with Crippen molar-refractivity contribution in [1.29, 1.82) is 0 Å². The highest BCUT2D eigenvalue weighted by atomic mass is 16.4. The number of rotatable bonds is 6. The molecule has 0 saturated carbocycles. The van der Waals surface area contributed by atoms with Crippen LogP contribution in [0.1, 0.15) is 19.6 Å². The van der Waals surface area contributed by atoms with Gasteiger partial charge in [-0.1, -0.05) is 5.57 Å². The molecule has 1 aromatic heterocycles. The van der Waals surface area contributed by atoms with Gasteiger partial charge in [0.15, 0.2) is 0 Å². The standard InChI is InChI=1S/C12H17NO3/c1-9(6-12(14)15)8-13-10(2)7-11-4-3-5-16-11/h3-6,10,13H,7-8H2,1-2H3,(H,14,15)/b9-6+. The average Bonchev–Trinajstić information content (AvgIpc) is 2.66. The van der Waals surface area contributed by atoms with Gasteiger partial charge in [0.2, 0.25) is 0 Å². The predicted octanol–water partition coefficient (Wildman–Crippen LogP) is 1.83. The molecule has 4 heteroatoms. The lowest BCUT2D eigenvalue weighted by atomic mass is 10.2. The number of nitrogens with one attached hydrogen (secondary N) is 1. The fraction of sp³-hybridized carbons (Fsp3) is 0.417. The number of hydrogen-bond acceptors (Lipinski definition) is 3. The molecule has 0 amide bonds. The topological polar surface area (TPSA) is 62.5 Å². The van der Waals surface area contributed by atoms with Crippen LogP contribution in [0.2, 0.25) is 0 Å². The van der Waals surface area contributed by atoms with Crippen LogP contribution in [0.5, 0.6) is 0 Å². The van der Waals surface area contributed by atoms with Crippen molar-refractivity contribution >= 4 is 5.97 Å². The number of aliphatic carboxylic acids is 1. The summed E-state index contributed by atoms with van der Waals surface area (Å²) in [6.45, 7) is 4.41. The van der Waals surface area contributed by atoms with E-state index in [1.807, 2.05) is 19.1 Å². The Kier molecular flexibility index (Phi) is 4.79. The van der Waals surface area contributed by atoms with Crippen molar-refractivity contribution in [3.63, 3.8) is 0 Å². The van der Waals surface area contributed by atoms with Crippen molar-refractivity contribution in [1.82, 2.24) is 5.32 Å². The molecule has 0 aliphatic rings. The Balaban J connectivity index is 2.30. The van der Waals surface area contributed by atoms with Crippen LogP contribution in [0.15, 0.2) is 34.5 Å². The third-order valence-electron chi connectivity index (χ3n) is 2.19. The quantitative estimate of drug-likeness (QED) is 0.722. The van der Waals surface area contributed by atoms with E-state index in [0.717, 1.165) is 17.8 Å². The summed E-state index contributed by atoms with van der Waals surface area (Å²) >= 11 is 0. The first kappa shape index (κ1) is 12.5. The molecule has 16 heavy (non-hydrogen) atoms. The minimum atomic E-state index is -0.905. The van der Waals surface area contributed by atoms with Gasteiger partial charge in [-0.05, 0) is 26.0 Å². The minimum Gasteiger partial charge on any atom is -0.478 e. The van der Waals surface area contributed by atoms with E-state index in [9.17, 15) is 4.79 Å². The highest BCUT2D eigenvalue weighted by molar-refractivity contribution is 5.80. The molecule has 0 saturated heterocycles. The molecule has 0 bridgehead atoms.